The van der Waals surface area contributed by atoms with Crippen LogP contribution in [0, 0.1) is 5.92 Å². The fraction of sp³-hybridized carbons (Fsp3) is 0.471. The third kappa shape index (κ3) is 2.22. The van der Waals surface area contributed by atoms with E-state index in [2.05, 4.69) is 33.5 Å². The van der Waals surface area contributed by atoms with Gasteiger partial charge in [0.15, 0.2) is 0 Å². The fourth-order valence-electron chi connectivity index (χ4n) is 4.02. The van der Waals surface area contributed by atoms with Crippen LogP contribution in [0.5, 0.6) is 0 Å². The molecule has 2 fully saturated rings. The van der Waals surface area contributed by atoms with Crippen LogP contribution in [0.25, 0.3) is 11.1 Å². The standard InChI is InChI=1S/C17H21N3S/c18-16-15(13-7-2-1-3-8-13)17(21-19-16)20-11-10-12-6-4-5-9-14(12)20/h1-3,7-8,12,14H,4-6,9-11H2,(H2,18,19). The van der Waals surface area contributed by atoms with Crippen molar-refractivity contribution in [3.05, 3.63) is 30.3 Å². The van der Waals surface area contributed by atoms with Crippen LogP contribution in [-0.4, -0.2) is 17.0 Å². The maximum absolute atomic E-state index is 6.18. The first-order chi connectivity index (χ1) is 10.3. The van der Waals surface area contributed by atoms with Crippen LogP contribution in [0.15, 0.2) is 30.3 Å². The van der Waals surface area contributed by atoms with Gasteiger partial charge >= 0.3 is 0 Å². The van der Waals surface area contributed by atoms with E-state index in [1.54, 1.807) is 11.5 Å². The highest BCUT2D eigenvalue weighted by Crippen LogP contribution is 2.46. The van der Waals surface area contributed by atoms with Crippen LogP contribution >= 0.6 is 11.5 Å². The molecule has 2 heterocycles. The zero-order valence-electron chi connectivity index (χ0n) is 12.2. The molecule has 3 nitrogen and oxygen atoms in total. The van der Waals surface area contributed by atoms with Gasteiger partial charge in [0, 0.05) is 12.6 Å². The van der Waals surface area contributed by atoms with Crippen LogP contribution in [0.2, 0.25) is 0 Å². The molecule has 0 amide bonds. The number of benzene rings is 1. The first-order valence-electron chi connectivity index (χ1n) is 7.92. The van der Waals surface area contributed by atoms with Gasteiger partial charge in [-0.2, -0.15) is 4.37 Å². The highest BCUT2D eigenvalue weighted by atomic mass is 32.1. The second-order valence-corrected chi connectivity index (χ2v) is 6.96. The molecular formula is C17H21N3S. The quantitative estimate of drug-likeness (QED) is 0.905. The van der Waals surface area contributed by atoms with Crippen LogP contribution in [-0.2, 0) is 0 Å². The van der Waals surface area contributed by atoms with E-state index in [0.717, 1.165) is 18.0 Å². The molecule has 1 aromatic heterocycles. The van der Waals surface area contributed by atoms with Crippen molar-refractivity contribution in [2.75, 3.05) is 17.2 Å². The minimum absolute atomic E-state index is 0.681. The molecule has 1 aromatic carbocycles. The third-order valence-electron chi connectivity index (χ3n) is 5.03. The van der Waals surface area contributed by atoms with Gasteiger partial charge in [0.2, 0.25) is 0 Å². The van der Waals surface area contributed by atoms with Crippen molar-refractivity contribution in [1.82, 2.24) is 4.37 Å². The van der Waals surface area contributed by atoms with Gasteiger partial charge in [0.25, 0.3) is 0 Å². The average Bonchev–Trinajstić information content (AvgIpc) is 3.11. The summed E-state index contributed by atoms with van der Waals surface area (Å²) in [5.74, 6) is 1.56. The number of nitrogens with zero attached hydrogens (tertiary/aromatic N) is 2. The van der Waals surface area contributed by atoms with E-state index >= 15 is 0 Å². The Morgan fingerprint density at radius 3 is 2.76 bits per heavy atom. The molecule has 2 unspecified atom stereocenters. The summed E-state index contributed by atoms with van der Waals surface area (Å²) >= 11 is 1.57. The fourth-order valence-corrected chi connectivity index (χ4v) is 4.94. The number of fused-ring (bicyclic) bond motifs is 1. The summed E-state index contributed by atoms with van der Waals surface area (Å²) in [6.45, 7) is 1.16. The lowest BCUT2D eigenvalue weighted by Gasteiger charge is -2.32. The molecule has 0 radical (unpaired) electrons. The maximum Gasteiger partial charge on any atom is 0.147 e. The monoisotopic (exact) mass is 299 g/mol. The van der Waals surface area contributed by atoms with Crippen molar-refractivity contribution in [2.24, 2.45) is 5.92 Å². The SMILES string of the molecule is Nc1nsc(N2CCC3CCCCC32)c1-c1ccccc1. The summed E-state index contributed by atoms with van der Waals surface area (Å²) < 4.78 is 4.45. The van der Waals surface area contributed by atoms with Gasteiger partial charge in [0.05, 0.1) is 5.56 Å². The Hall–Kier alpha value is -1.55. The van der Waals surface area contributed by atoms with E-state index in [9.17, 15) is 0 Å². The Bertz CT molecular complexity index is 622. The Morgan fingerprint density at radius 1 is 1.10 bits per heavy atom. The Balaban J connectivity index is 1.73. The van der Waals surface area contributed by atoms with Gasteiger partial charge < -0.3 is 10.6 Å². The van der Waals surface area contributed by atoms with Crippen LogP contribution in [0.4, 0.5) is 10.8 Å². The van der Waals surface area contributed by atoms with Crippen molar-refractivity contribution in [3.63, 3.8) is 0 Å². The second kappa shape index (κ2) is 5.34. The smallest absolute Gasteiger partial charge is 0.147 e. The second-order valence-electron chi connectivity index (χ2n) is 6.21. The summed E-state index contributed by atoms with van der Waals surface area (Å²) in [7, 11) is 0. The van der Waals surface area contributed by atoms with E-state index in [1.165, 1.54) is 42.7 Å². The largest absolute Gasteiger partial charge is 0.382 e. The maximum atomic E-state index is 6.18. The van der Waals surface area contributed by atoms with Crippen LogP contribution < -0.4 is 10.6 Å². The zero-order valence-corrected chi connectivity index (χ0v) is 13.0. The van der Waals surface area contributed by atoms with Crippen molar-refractivity contribution < 1.29 is 0 Å². The molecule has 21 heavy (non-hydrogen) atoms. The molecule has 110 valence electrons. The number of nitrogen functional groups attached to an aromatic ring is 1. The molecule has 2 N–H and O–H groups in total. The lowest BCUT2D eigenvalue weighted by molar-refractivity contribution is 0.342. The van der Waals surface area contributed by atoms with Crippen molar-refractivity contribution >= 4 is 22.4 Å². The number of aromatic nitrogens is 1. The van der Waals surface area contributed by atoms with Crippen molar-refractivity contribution in [1.29, 1.82) is 0 Å². The molecule has 4 heteroatoms. The Kier molecular flexibility index (Phi) is 3.34. The normalized spacial score (nSPS) is 25.0. The van der Waals surface area contributed by atoms with E-state index in [0.29, 0.717) is 11.9 Å². The molecule has 0 spiro atoms. The lowest BCUT2D eigenvalue weighted by Crippen LogP contribution is -2.34. The molecule has 1 aliphatic heterocycles. The molecular weight excluding hydrogens is 278 g/mol. The van der Waals surface area contributed by atoms with Gasteiger partial charge in [0.1, 0.15) is 10.8 Å². The highest BCUT2D eigenvalue weighted by molar-refractivity contribution is 7.11. The van der Waals surface area contributed by atoms with E-state index in [1.807, 2.05) is 6.07 Å². The molecule has 1 saturated carbocycles. The number of hydrogen-bond acceptors (Lipinski definition) is 4. The van der Waals surface area contributed by atoms with E-state index in [-0.39, 0.29) is 0 Å². The average molecular weight is 299 g/mol. The zero-order chi connectivity index (χ0) is 14.2. The number of hydrogen-bond donors (Lipinski definition) is 1. The van der Waals surface area contributed by atoms with Crippen molar-refractivity contribution in [2.45, 2.75) is 38.1 Å². The molecule has 1 aliphatic carbocycles. The Morgan fingerprint density at radius 2 is 1.90 bits per heavy atom. The summed E-state index contributed by atoms with van der Waals surface area (Å²) in [6, 6.07) is 11.2. The van der Waals surface area contributed by atoms with E-state index < -0.39 is 0 Å². The highest BCUT2D eigenvalue weighted by Gasteiger charge is 2.37. The van der Waals surface area contributed by atoms with Crippen molar-refractivity contribution in [3.8, 4) is 11.1 Å². The molecule has 2 aliphatic rings. The summed E-state index contributed by atoms with van der Waals surface area (Å²) in [5.41, 5.74) is 8.52. The van der Waals surface area contributed by atoms with Gasteiger partial charge in [-0.15, -0.1) is 0 Å². The van der Waals surface area contributed by atoms with Gasteiger partial charge in [-0.25, -0.2) is 0 Å². The number of nitrogens with two attached hydrogens (primary N) is 1. The van der Waals surface area contributed by atoms with E-state index in [4.69, 9.17) is 5.73 Å². The molecule has 1 saturated heterocycles. The number of rotatable bonds is 2. The summed E-state index contributed by atoms with van der Waals surface area (Å²) in [5, 5.41) is 1.29. The van der Waals surface area contributed by atoms with Crippen LogP contribution in [0.1, 0.15) is 32.1 Å². The van der Waals surface area contributed by atoms with Gasteiger partial charge in [-0.05, 0) is 42.3 Å². The third-order valence-corrected chi connectivity index (χ3v) is 5.93. The van der Waals surface area contributed by atoms with Gasteiger partial charge in [-0.1, -0.05) is 43.2 Å². The predicted octanol–water partition coefficient (Wildman–Crippen LogP) is 4.16. The van der Waals surface area contributed by atoms with Gasteiger partial charge in [-0.3, -0.25) is 0 Å². The first kappa shape index (κ1) is 13.1. The Labute approximate surface area is 129 Å². The summed E-state index contributed by atoms with van der Waals surface area (Å²) in [6.07, 6.45) is 6.83. The predicted molar refractivity (Wildman–Crippen MR) is 89.7 cm³/mol. The first-order valence-corrected chi connectivity index (χ1v) is 8.69. The lowest BCUT2D eigenvalue weighted by atomic mass is 9.85. The molecule has 0 bridgehead atoms. The minimum Gasteiger partial charge on any atom is -0.382 e. The summed E-state index contributed by atoms with van der Waals surface area (Å²) in [4.78, 5) is 2.60. The minimum atomic E-state index is 0.681. The molecule has 4 rings (SSSR count). The molecule has 2 aromatic rings. The number of anilines is 2. The topological polar surface area (TPSA) is 42.1 Å². The van der Waals surface area contributed by atoms with Crippen LogP contribution in [0.3, 0.4) is 0 Å². The molecule has 2 atom stereocenters.